The highest BCUT2D eigenvalue weighted by atomic mass is 16.5. The lowest BCUT2D eigenvalue weighted by atomic mass is 9.77. The number of carbonyl (C=O) groups is 4. The van der Waals surface area contributed by atoms with E-state index in [0.717, 1.165) is 96.9 Å². The Morgan fingerprint density at radius 2 is 1.76 bits per heavy atom. The van der Waals surface area contributed by atoms with Crippen LogP contribution in [-0.4, -0.2) is 74.1 Å². The standard InChI is InChI=1S/C37H39N7O5/c1-21-29(32-19-39-30-7-4-24(17-31(30)40-32)23-10-13-49-14-11-23)20-43(42-21)26-15-22(16-26)3-2-12-38-25-5-6-27-28(18-25)37(48)44(36(27)47)33-8-9-34(45)41-35(33)46/h4-7,17-20,22-23,26,33,38H,2-3,8-16H2,1H3,(H,41,45,46). The maximum Gasteiger partial charge on any atom is 0.262 e. The average Bonchev–Trinajstić information content (AvgIpc) is 3.59. The van der Waals surface area contributed by atoms with Crippen LogP contribution < -0.4 is 10.6 Å². The molecule has 1 unspecified atom stereocenters. The Hall–Kier alpha value is -4.97. The minimum atomic E-state index is -0.965. The third kappa shape index (κ3) is 5.98. The molecular formula is C37H39N7O5. The van der Waals surface area contributed by atoms with Gasteiger partial charge in [0.15, 0.2) is 0 Å². The fourth-order valence-electron chi connectivity index (χ4n) is 7.72. The molecule has 0 spiro atoms. The van der Waals surface area contributed by atoms with Gasteiger partial charge in [-0.05, 0) is 99.6 Å². The molecule has 4 aliphatic rings. The predicted molar refractivity (Wildman–Crippen MR) is 181 cm³/mol. The van der Waals surface area contributed by atoms with E-state index >= 15 is 0 Å². The van der Waals surface area contributed by atoms with Crippen molar-refractivity contribution >= 4 is 40.3 Å². The van der Waals surface area contributed by atoms with Crippen molar-refractivity contribution in [3.05, 3.63) is 71.2 Å². The molecule has 8 rings (SSSR count). The molecule has 1 saturated carbocycles. The zero-order chi connectivity index (χ0) is 33.6. The lowest BCUT2D eigenvalue weighted by Gasteiger charge is -2.35. The van der Waals surface area contributed by atoms with Crippen LogP contribution in [-0.2, 0) is 14.3 Å². The zero-order valence-corrected chi connectivity index (χ0v) is 27.5. The van der Waals surface area contributed by atoms with Gasteiger partial charge in [0.05, 0.1) is 45.8 Å². The largest absolute Gasteiger partial charge is 0.385 e. The van der Waals surface area contributed by atoms with E-state index in [9.17, 15) is 19.2 Å². The van der Waals surface area contributed by atoms with Gasteiger partial charge in [-0.15, -0.1) is 0 Å². The van der Waals surface area contributed by atoms with Gasteiger partial charge in [-0.2, -0.15) is 5.10 Å². The summed E-state index contributed by atoms with van der Waals surface area (Å²) in [6.45, 7) is 4.39. The fourth-order valence-corrected chi connectivity index (χ4v) is 7.72. The van der Waals surface area contributed by atoms with Crippen molar-refractivity contribution in [3.63, 3.8) is 0 Å². The fraction of sp³-hybridized carbons (Fsp3) is 0.432. The smallest absolute Gasteiger partial charge is 0.262 e. The normalized spacial score (nSPS) is 22.7. The number of piperidine rings is 1. The monoisotopic (exact) mass is 661 g/mol. The van der Waals surface area contributed by atoms with Crippen LogP contribution in [0, 0.1) is 12.8 Å². The summed E-state index contributed by atoms with van der Waals surface area (Å²) in [5, 5.41) is 10.5. The molecule has 2 aromatic carbocycles. The van der Waals surface area contributed by atoms with E-state index in [2.05, 4.69) is 39.7 Å². The first kappa shape index (κ1) is 31.3. The summed E-state index contributed by atoms with van der Waals surface area (Å²) >= 11 is 0. The number of anilines is 1. The van der Waals surface area contributed by atoms with Gasteiger partial charge >= 0.3 is 0 Å². The summed E-state index contributed by atoms with van der Waals surface area (Å²) < 4.78 is 7.65. The molecule has 3 fully saturated rings. The summed E-state index contributed by atoms with van der Waals surface area (Å²) in [6.07, 6.45) is 10.5. The number of hydrogen-bond donors (Lipinski definition) is 2. The Balaban J connectivity index is 0.834. The van der Waals surface area contributed by atoms with E-state index in [-0.39, 0.29) is 29.9 Å². The number of carbonyl (C=O) groups excluding carboxylic acids is 4. The molecule has 0 radical (unpaired) electrons. The number of benzene rings is 2. The number of hydrogen-bond acceptors (Lipinski definition) is 9. The second kappa shape index (κ2) is 12.8. The van der Waals surface area contributed by atoms with Gasteiger partial charge in [0.2, 0.25) is 11.8 Å². The summed E-state index contributed by atoms with van der Waals surface area (Å²) in [4.78, 5) is 60.6. The summed E-state index contributed by atoms with van der Waals surface area (Å²) in [7, 11) is 0. The molecule has 5 heterocycles. The first-order valence-electron chi connectivity index (χ1n) is 17.3. The highest BCUT2D eigenvalue weighted by Crippen LogP contribution is 2.41. The topological polar surface area (TPSA) is 148 Å². The second-order valence-corrected chi connectivity index (χ2v) is 13.8. The molecule has 12 heteroatoms. The van der Waals surface area contributed by atoms with Gasteiger partial charge in [0.1, 0.15) is 6.04 Å². The average molecular weight is 662 g/mol. The van der Waals surface area contributed by atoms with Crippen molar-refractivity contribution in [1.29, 1.82) is 0 Å². The molecule has 3 aliphatic heterocycles. The van der Waals surface area contributed by atoms with E-state index in [1.54, 1.807) is 18.2 Å². The first-order valence-corrected chi connectivity index (χ1v) is 17.3. The summed E-state index contributed by atoms with van der Waals surface area (Å²) in [5.74, 6) is -0.867. The number of rotatable bonds is 9. The minimum absolute atomic E-state index is 0.0969. The van der Waals surface area contributed by atoms with Crippen LogP contribution in [0.4, 0.5) is 5.69 Å². The third-order valence-electron chi connectivity index (χ3n) is 10.6. The van der Waals surface area contributed by atoms with Crippen LogP contribution in [0.5, 0.6) is 0 Å². The van der Waals surface area contributed by atoms with Crippen LogP contribution >= 0.6 is 0 Å². The number of imide groups is 2. The molecule has 4 amide bonds. The molecule has 4 aromatic rings. The van der Waals surface area contributed by atoms with Gasteiger partial charge in [0, 0.05) is 43.6 Å². The van der Waals surface area contributed by atoms with Gasteiger partial charge in [-0.25, -0.2) is 4.98 Å². The third-order valence-corrected chi connectivity index (χ3v) is 10.6. The van der Waals surface area contributed by atoms with Crippen LogP contribution in [0.2, 0.25) is 0 Å². The number of ether oxygens (including phenoxy) is 1. The lowest BCUT2D eigenvalue weighted by molar-refractivity contribution is -0.136. The predicted octanol–water partition coefficient (Wildman–Crippen LogP) is 4.94. The van der Waals surface area contributed by atoms with Gasteiger partial charge in [0.25, 0.3) is 11.8 Å². The number of aromatic nitrogens is 4. The number of nitrogens with one attached hydrogen (secondary N) is 2. The van der Waals surface area contributed by atoms with E-state index in [4.69, 9.17) is 19.8 Å². The quantitative estimate of drug-likeness (QED) is 0.188. The molecule has 252 valence electrons. The van der Waals surface area contributed by atoms with E-state index in [1.807, 2.05) is 13.1 Å². The Labute approximate surface area is 283 Å². The zero-order valence-electron chi connectivity index (χ0n) is 27.5. The molecule has 0 bridgehead atoms. The molecule has 2 N–H and O–H groups in total. The van der Waals surface area contributed by atoms with Crippen molar-refractivity contribution < 1.29 is 23.9 Å². The molecule has 1 atom stereocenters. The highest BCUT2D eigenvalue weighted by Gasteiger charge is 2.44. The maximum absolute atomic E-state index is 13.1. The van der Waals surface area contributed by atoms with Crippen LogP contribution in [0.15, 0.2) is 48.8 Å². The van der Waals surface area contributed by atoms with Crippen molar-refractivity contribution in [2.45, 2.75) is 76.3 Å². The second-order valence-electron chi connectivity index (χ2n) is 13.8. The Morgan fingerprint density at radius 1 is 0.939 bits per heavy atom. The SMILES string of the molecule is Cc1nn(C2CC(CCCNc3ccc4c(c3)C(=O)N(C3CCC(=O)NC3=O)C4=O)C2)cc1-c1cnc2ccc(C3CCOCC3)cc2n1. The lowest BCUT2D eigenvalue weighted by Crippen LogP contribution is -2.54. The first-order chi connectivity index (χ1) is 23.8. The minimum Gasteiger partial charge on any atom is -0.385 e. The van der Waals surface area contributed by atoms with Gasteiger partial charge < -0.3 is 10.1 Å². The molecule has 1 aliphatic carbocycles. The van der Waals surface area contributed by atoms with Crippen molar-refractivity contribution in [2.75, 3.05) is 25.1 Å². The van der Waals surface area contributed by atoms with Crippen molar-refractivity contribution in [1.82, 2.24) is 30.0 Å². The highest BCUT2D eigenvalue weighted by molar-refractivity contribution is 6.23. The van der Waals surface area contributed by atoms with E-state index in [0.29, 0.717) is 17.9 Å². The van der Waals surface area contributed by atoms with Crippen molar-refractivity contribution in [3.8, 4) is 11.3 Å². The van der Waals surface area contributed by atoms with Gasteiger partial charge in [-0.3, -0.25) is 39.1 Å². The summed E-state index contributed by atoms with van der Waals surface area (Å²) in [5.41, 5.74) is 7.27. The van der Waals surface area contributed by atoms with Crippen LogP contribution in [0.1, 0.15) is 95.3 Å². The Morgan fingerprint density at radius 3 is 2.57 bits per heavy atom. The number of nitrogens with zero attached hydrogens (tertiary/aromatic N) is 5. The molecular weight excluding hydrogens is 622 g/mol. The maximum atomic E-state index is 13.1. The van der Waals surface area contributed by atoms with Gasteiger partial charge in [-0.1, -0.05) is 6.07 Å². The molecule has 12 nitrogen and oxygen atoms in total. The van der Waals surface area contributed by atoms with E-state index < -0.39 is 23.8 Å². The molecule has 2 aromatic heterocycles. The Kier molecular flexibility index (Phi) is 8.18. The number of fused-ring (bicyclic) bond motifs is 2. The van der Waals surface area contributed by atoms with Crippen LogP contribution in [0.25, 0.3) is 22.3 Å². The van der Waals surface area contributed by atoms with Crippen LogP contribution in [0.3, 0.4) is 0 Å². The Bertz CT molecular complexity index is 1980. The number of aryl methyl sites for hydroxylation is 1. The van der Waals surface area contributed by atoms with Crippen molar-refractivity contribution in [2.24, 2.45) is 5.92 Å². The molecule has 49 heavy (non-hydrogen) atoms. The van der Waals surface area contributed by atoms with E-state index in [1.165, 1.54) is 5.56 Å². The number of amides is 4. The molecule has 2 saturated heterocycles. The summed E-state index contributed by atoms with van der Waals surface area (Å²) in [6, 6.07) is 11.0.